The highest BCUT2D eigenvalue weighted by molar-refractivity contribution is 7.10. The zero-order valence-electron chi connectivity index (χ0n) is 8.32. The van der Waals surface area contributed by atoms with E-state index in [9.17, 15) is 0 Å². The standard InChI is InChI=1S/C10H16N2OS/c1-12-9(8-3-2-4-14-8)10(5-11)6-13-7-10/h2-4,9,12H,5-7,11H2,1H3. The minimum atomic E-state index is 0.111. The van der Waals surface area contributed by atoms with E-state index >= 15 is 0 Å². The first-order valence-electron chi connectivity index (χ1n) is 4.81. The van der Waals surface area contributed by atoms with Crippen LogP contribution in [0.1, 0.15) is 10.9 Å². The Bertz CT molecular complexity index is 277. The number of rotatable bonds is 4. The fourth-order valence-electron chi connectivity index (χ4n) is 1.97. The Hall–Kier alpha value is -0.420. The highest BCUT2D eigenvalue weighted by Crippen LogP contribution is 2.40. The van der Waals surface area contributed by atoms with Gasteiger partial charge in [0.1, 0.15) is 0 Å². The van der Waals surface area contributed by atoms with Gasteiger partial charge in [-0.3, -0.25) is 0 Å². The minimum absolute atomic E-state index is 0.111. The fourth-order valence-corrected chi connectivity index (χ4v) is 2.95. The Morgan fingerprint density at radius 3 is 2.86 bits per heavy atom. The molecule has 1 aromatic rings. The van der Waals surface area contributed by atoms with E-state index in [4.69, 9.17) is 10.5 Å². The molecule has 2 rings (SSSR count). The highest BCUT2D eigenvalue weighted by Gasteiger charge is 2.45. The van der Waals surface area contributed by atoms with Crippen LogP contribution in [-0.4, -0.2) is 26.8 Å². The first-order valence-corrected chi connectivity index (χ1v) is 5.69. The molecule has 0 amide bonds. The fraction of sp³-hybridized carbons (Fsp3) is 0.600. The largest absolute Gasteiger partial charge is 0.380 e. The molecule has 0 saturated carbocycles. The molecule has 0 radical (unpaired) electrons. The van der Waals surface area contributed by atoms with Gasteiger partial charge in [-0.05, 0) is 18.5 Å². The van der Waals surface area contributed by atoms with Crippen molar-refractivity contribution in [1.29, 1.82) is 0 Å². The van der Waals surface area contributed by atoms with E-state index in [1.54, 1.807) is 11.3 Å². The zero-order valence-corrected chi connectivity index (χ0v) is 9.14. The normalized spacial score (nSPS) is 21.6. The maximum Gasteiger partial charge on any atom is 0.0575 e. The molecule has 3 nitrogen and oxygen atoms in total. The number of hydrogen-bond acceptors (Lipinski definition) is 4. The van der Waals surface area contributed by atoms with Crippen LogP contribution in [0, 0.1) is 5.41 Å². The predicted molar refractivity (Wildman–Crippen MR) is 58.4 cm³/mol. The molecule has 2 heterocycles. The van der Waals surface area contributed by atoms with Crippen molar-refractivity contribution >= 4 is 11.3 Å². The lowest BCUT2D eigenvalue weighted by Crippen LogP contribution is -2.55. The summed E-state index contributed by atoms with van der Waals surface area (Å²) in [5.41, 5.74) is 5.95. The van der Waals surface area contributed by atoms with E-state index in [-0.39, 0.29) is 5.41 Å². The van der Waals surface area contributed by atoms with E-state index < -0.39 is 0 Å². The smallest absolute Gasteiger partial charge is 0.0575 e. The summed E-state index contributed by atoms with van der Waals surface area (Å²) in [7, 11) is 1.99. The molecular formula is C10H16N2OS. The molecule has 0 bridgehead atoms. The van der Waals surface area contributed by atoms with Crippen molar-refractivity contribution in [3.63, 3.8) is 0 Å². The third-order valence-corrected chi connectivity index (χ3v) is 3.85. The number of nitrogens with one attached hydrogen (secondary N) is 1. The van der Waals surface area contributed by atoms with Gasteiger partial charge < -0.3 is 15.8 Å². The molecule has 1 aromatic heterocycles. The van der Waals surface area contributed by atoms with Crippen LogP contribution in [0.3, 0.4) is 0 Å². The molecule has 0 spiro atoms. The van der Waals surface area contributed by atoms with Crippen molar-refractivity contribution in [2.75, 3.05) is 26.8 Å². The lowest BCUT2D eigenvalue weighted by atomic mass is 9.77. The molecular weight excluding hydrogens is 196 g/mol. The zero-order chi connectivity index (χ0) is 10.0. The average molecular weight is 212 g/mol. The van der Waals surface area contributed by atoms with Crippen LogP contribution >= 0.6 is 11.3 Å². The van der Waals surface area contributed by atoms with Crippen molar-refractivity contribution in [1.82, 2.24) is 5.32 Å². The van der Waals surface area contributed by atoms with Crippen molar-refractivity contribution in [2.45, 2.75) is 6.04 Å². The van der Waals surface area contributed by atoms with Crippen LogP contribution < -0.4 is 11.1 Å². The Balaban J connectivity index is 2.20. The summed E-state index contributed by atoms with van der Waals surface area (Å²) >= 11 is 1.77. The quantitative estimate of drug-likeness (QED) is 0.782. The monoisotopic (exact) mass is 212 g/mol. The highest BCUT2D eigenvalue weighted by atomic mass is 32.1. The number of hydrogen-bond donors (Lipinski definition) is 2. The average Bonchev–Trinajstić information content (AvgIpc) is 2.63. The number of ether oxygens (including phenoxy) is 1. The third kappa shape index (κ3) is 1.48. The Labute approximate surface area is 88.3 Å². The molecule has 3 N–H and O–H groups in total. The van der Waals surface area contributed by atoms with Crippen molar-refractivity contribution in [3.05, 3.63) is 22.4 Å². The topological polar surface area (TPSA) is 47.3 Å². The molecule has 1 aliphatic heterocycles. The Kier molecular flexibility index (Phi) is 2.88. The summed E-state index contributed by atoms with van der Waals surface area (Å²) in [5.74, 6) is 0. The molecule has 14 heavy (non-hydrogen) atoms. The molecule has 1 unspecified atom stereocenters. The summed E-state index contributed by atoms with van der Waals surface area (Å²) in [6, 6.07) is 4.57. The first-order chi connectivity index (χ1) is 6.82. The van der Waals surface area contributed by atoms with Crippen molar-refractivity contribution in [2.24, 2.45) is 11.1 Å². The second kappa shape index (κ2) is 3.98. The van der Waals surface area contributed by atoms with E-state index in [1.807, 2.05) is 7.05 Å². The van der Waals surface area contributed by atoms with Gasteiger partial charge in [0.05, 0.1) is 19.3 Å². The summed E-state index contributed by atoms with van der Waals surface area (Å²) in [6.45, 7) is 2.22. The Morgan fingerprint density at radius 1 is 1.71 bits per heavy atom. The molecule has 1 saturated heterocycles. The van der Waals surface area contributed by atoms with E-state index in [2.05, 4.69) is 22.8 Å². The molecule has 1 atom stereocenters. The van der Waals surface area contributed by atoms with Gasteiger partial charge in [-0.1, -0.05) is 6.07 Å². The second-order valence-corrected chi connectivity index (χ2v) is 4.78. The predicted octanol–water partition coefficient (Wildman–Crippen LogP) is 0.984. The third-order valence-electron chi connectivity index (χ3n) is 2.91. The van der Waals surface area contributed by atoms with Crippen LogP contribution in [0.5, 0.6) is 0 Å². The SMILES string of the molecule is CNC(c1cccs1)C1(CN)COC1. The van der Waals surface area contributed by atoms with Crippen molar-refractivity contribution < 1.29 is 4.74 Å². The van der Waals surface area contributed by atoms with Gasteiger partial charge in [-0.25, -0.2) is 0 Å². The molecule has 78 valence electrons. The summed E-state index contributed by atoms with van der Waals surface area (Å²) in [4.78, 5) is 1.35. The number of nitrogens with two attached hydrogens (primary N) is 1. The van der Waals surface area contributed by atoms with Crippen molar-refractivity contribution in [3.8, 4) is 0 Å². The van der Waals surface area contributed by atoms with Crippen LogP contribution in [-0.2, 0) is 4.74 Å². The first kappa shape index (κ1) is 10.1. The van der Waals surface area contributed by atoms with Gasteiger partial charge >= 0.3 is 0 Å². The summed E-state index contributed by atoms with van der Waals surface area (Å²) in [5, 5.41) is 5.45. The maximum absolute atomic E-state index is 5.84. The lowest BCUT2D eigenvalue weighted by Gasteiger charge is -2.46. The molecule has 1 aliphatic rings. The van der Waals surface area contributed by atoms with Crippen LogP contribution in [0.2, 0.25) is 0 Å². The van der Waals surface area contributed by atoms with Gasteiger partial charge in [-0.2, -0.15) is 0 Å². The van der Waals surface area contributed by atoms with Crippen LogP contribution in [0.25, 0.3) is 0 Å². The summed E-state index contributed by atoms with van der Waals surface area (Å²) in [6.07, 6.45) is 0. The van der Waals surface area contributed by atoms with E-state index in [0.29, 0.717) is 12.6 Å². The lowest BCUT2D eigenvalue weighted by molar-refractivity contribution is -0.126. The van der Waals surface area contributed by atoms with Crippen LogP contribution in [0.15, 0.2) is 17.5 Å². The van der Waals surface area contributed by atoms with Gasteiger partial charge in [0, 0.05) is 16.8 Å². The van der Waals surface area contributed by atoms with E-state index in [0.717, 1.165) is 13.2 Å². The molecule has 4 heteroatoms. The summed E-state index contributed by atoms with van der Waals surface area (Å²) < 4.78 is 5.29. The maximum atomic E-state index is 5.84. The van der Waals surface area contributed by atoms with Gasteiger partial charge in [0.15, 0.2) is 0 Å². The Morgan fingerprint density at radius 2 is 2.50 bits per heavy atom. The molecule has 1 fully saturated rings. The minimum Gasteiger partial charge on any atom is -0.380 e. The molecule has 0 aliphatic carbocycles. The molecule has 0 aromatic carbocycles. The second-order valence-electron chi connectivity index (χ2n) is 3.80. The van der Waals surface area contributed by atoms with Gasteiger partial charge in [0.25, 0.3) is 0 Å². The van der Waals surface area contributed by atoms with Gasteiger partial charge in [-0.15, -0.1) is 11.3 Å². The van der Waals surface area contributed by atoms with E-state index in [1.165, 1.54) is 4.88 Å². The number of thiophene rings is 1. The van der Waals surface area contributed by atoms with Gasteiger partial charge in [0.2, 0.25) is 0 Å². The van der Waals surface area contributed by atoms with Crippen LogP contribution in [0.4, 0.5) is 0 Å².